The third-order valence-corrected chi connectivity index (χ3v) is 4.42. The Morgan fingerprint density at radius 3 is 2.57 bits per heavy atom. The SMILES string of the molecule is C=C1c2ccccc2C(=O)N1CC(=O)OCC(=O)NCc1ccc(C)c(F)c1. The molecule has 2 aromatic rings. The van der Waals surface area contributed by atoms with Gasteiger partial charge in [-0.2, -0.15) is 0 Å². The van der Waals surface area contributed by atoms with Crippen molar-refractivity contribution in [3.8, 4) is 0 Å². The molecule has 28 heavy (non-hydrogen) atoms. The number of esters is 1. The standard InChI is InChI=1S/C21H19FN2O4/c1-13-7-8-15(9-18(13)22)10-23-19(25)12-28-20(26)11-24-14(2)16-5-3-4-6-17(16)21(24)27/h3-9H,2,10-12H2,1H3,(H,23,25). The Bertz CT molecular complexity index is 936. The van der Waals surface area contributed by atoms with Gasteiger partial charge < -0.3 is 10.1 Å². The second-order valence-electron chi connectivity index (χ2n) is 6.40. The highest BCUT2D eigenvalue weighted by Gasteiger charge is 2.32. The predicted molar refractivity (Wildman–Crippen MR) is 100 cm³/mol. The molecule has 1 aliphatic rings. The van der Waals surface area contributed by atoms with E-state index in [9.17, 15) is 18.8 Å². The summed E-state index contributed by atoms with van der Waals surface area (Å²) in [4.78, 5) is 37.4. The molecule has 0 aliphatic carbocycles. The van der Waals surface area contributed by atoms with Gasteiger partial charge in [-0.15, -0.1) is 0 Å². The van der Waals surface area contributed by atoms with Gasteiger partial charge in [0.25, 0.3) is 11.8 Å². The number of nitrogens with one attached hydrogen (secondary N) is 1. The Morgan fingerprint density at radius 1 is 1.18 bits per heavy atom. The lowest BCUT2D eigenvalue weighted by molar-refractivity contribution is -0.148. The highest BCUT2D eigenvalue weighted by atomic mass is 19.1. The molecule has 144 valence electrons. The summed E-state index contributed by atoms with van der Waals surface area (Å²) in [5, 5.41) is 2.55. The minimum absolute atomic E-state index is 0.115. The third-order valence-electron chi connectivity index (χ3n) is 4.42. The van der Waals surface area contributed by atoms with E-state index in [1.165, 1.54) is 11.0 Å². The van der Waals surface area contributed by atoms with Crippen molar-refractivity contribution in [3.05, 3.63) is 77.1 Å². The number of hydrogen-bond donors (Lipinski definition) is 1. The smallest absolute Gasteiger partial charge is 0.326 e. The molecule has 0 fully saturated rings. The first kappa shape index (κ1) is 19.3. The van der Waals surface area contributed by atoms with Crippen LogP contribution in [0, 0.1) is 12.7 Å². The van der Waals surface area contributed by atoms with Crippen LogP contribution in [0.1, 0.15) is 27.0 Å². The normalized spacial score (nSPS) is 12.7. The molecule has 2 aromatic carbocycles. The maximum atomic E-state index is 13.5. The molecular formula is C21H19FN2O4. The van der Waals surface area contributed by atoms with Crippen molar-refractivity contribution in [1.82, 2.24) is 10.2 Å². The minimum atomic E-state index is -0.723. The lowest BCUT2D eigenvalue weighted by Crippen LogP contribution is -2.33. The number of ether oxygens (including phenoxy) is 1. The third kappa shape index (κ3) is 4.09. The number of amides is 2. The number of carbonyl (C=O) groups is 3. The Hall–Kier alpha value is -3.48. The second kappa shape index (κ2) is 8.04. The number of hydrogen-bond acceptors (Lipinski definition) is 4. The van der Waals surface area contributed by atoms with Crippen molar-refractivity contribution in [2.45, 2.75) is 13.5 Å². The number of carbonyl (C=O) groups excluding carboxylic acids is 3. The number of rotatable bonds is 6. The van der Waals surface area contributed by atoms with E-state index >= 15 is 0 Å². The first-order chi connectivity index (χ1) is 13.4. The molecule has 0 bridgehead atoms. The zero-order valence-electron chi connectivity index (χ0n) is 15.3. The van der Waals surface area contributed by atoms with Crippen LogP contribution in [-0.2, 0) is 20.9 Å². The molecule has 0 saturated heterocycles. The van der Waals surface area contributed by atoms with Gasteiger partial charge in [-0.25, -0.2) is 4.39 Å². The second-order valence-corrected chi connectivity index (χ2v) is 6.40. The van der Waals surface area contributed by atoms with Crippen LogP contribution in [0.25, 0.3) is 5.70 Å². The molecule has 1 heterocycles. The van der Waals surface area contributed by atoms with E-state index in [0.29, 0.717) is 28.0 Å². The van der Waals surface area contributed by atoms with E-state index in [1.54, 1.807) is 43.3 Å². The van der Waals surface area contributed by atoms with E-state index in [4.69, 9.17) is 4.74 Å². The lowest BCUT2D eigenvalue weighted by atomic mass is 10.1. The topological polar surface area (TPSA) is 75.7 Å². The van der Waals surface area contributed by atoms with Gasteiger partial charge in [0.1, 0.15) is 12.4 Å². The van der Waals surface area contributed by atoms with Gasteiger partial charge in [0.2, 0.25) is 0 Å². The molecule has 7 heteroatoms. The fourth-order valence-electron chi connectivity index (χ4n) is 2.82. The maximum Gasteiger partial charge on any atom is 0.326 e. The van der Waals surface area contributed by atoms with Crippen molar-refractivity contribution in [2.75, 3.05) is 13.2 Å². The average Bonchev–Trinajstić information content (AvgIpc) is 2.92. The summed E-state index contributed by atoms with van der Waals surface area (Å²) in [6.07, 6.45) is 0. The van der Waals surface area contributed by atoms with Crippen LogP contribution in [-0.4, -0.2) is 35.8 Å². The van der Waals surface area contributed by atoms with Crippen molar-refractivity contribution in [3.63, 3.8) is 0 Å². The Balaban J connectivity index is 1.47. The summed E-state index contributed by atoms with van der Waals surface area (Å²) in [7, 11) is 0. The predicted octanol–water partition coefficient (Wildman–Crippen LogP) is 2.42. The monoisotopic (exact) mass is 382 g/mol. The lowest BCUT2D eigenvalue weighted by Gasteiger charge is -2.16. The van der Waals surface area contributed by atoms with Crippen LogP contribution in [0.3, 0.4) is 0 Å². The van der Waals surface area contributed by atoms with Gasteiger partial charge >= 0.3 is 5.97 Å². The van der Waals surface area contributed by atoms with Crippen LogP contribution in [0.5, 0.6) is 0 Å². The number of benzene rings is 2. The Morgan fingerprint density at radius 2 is 1.89 bits per heavy atom. The van der Waals surface area contributed by atoms with Gasteiger partial charge in [-0.1, -0.05) is 36.9 Å². The maximum absolute atomic E-state index is 13.5. The highest BCUT2D eigenvalue weighted by Crippen LogP contribution is 2.30. The number of nitrogens with zero attached hydrogens (tertiary/aromatic N) is 1. The van der Waals surface area contributed by atoms with Crippen LogP contribution < -0.4 is 5.32 Å². The number of aryl methyl sites for hydroxylation is 1. The fraction of sp³-hybridized carbons (Fsp3) is 0.190. The van der Waals surface area contributed by atoms with Crippen LogP contribution in [0.15, 0.2) is 49.0 Å². The van der Waals surface area contributed by atoms with E-state index in [1.807, 2.05) is 0 Å². The van der Waals surface area contributed by atoms with Crippen LogP contribution in [0.2, 0.25) is 0 Å². The highest BCUT2D eigenvalue weighted by molar-refractivity contribution is 6.10. The first-order valence-electron chi connectivity index (χ1n) is 8.64. The van der Waals surface area contributed by atoms with Crippen molar-refractivity contribution < 1.29 is 23.5 Å². The molecule has 0 aromatic heterocycles. The molecule has 0 atom stereocenters. The van der Waals surface area contributed by atoms with Crippen LogP contribution >= 0.6 is 0 Å². The largest absolute Gasteiger partial charge is 0.454 e. The van der Waals surface area contributed by atoms with Gasteiger partial charge in [-0.05, 0) is 30.2 Å². The molecule has 0 unspecified atom stereocenters. The summed E-state index contributed by atoms with van der Waals surface area (Å²) in [6.45, 7) is 4.78. The Kier molecular flexibility index (Phi) is 5.54. The van der Waals surface area contributed by atoms with E-state index in [-0.39, 0.29) is 24.8 Å². The average molecular weight is 382 g/mol. The molecule has 6 nitrogen and oxygen atoms in total. The summed E-state index contributed by atoms with van der Waals surface area (Å²) in [5.41, 5.74) is 2.68. The zero-order valence-corrected chi connectivity index (χ0v) is 15.3. The van der Waals surface area contributed by atoms with E-state index in [0.717, 1.165) is 0 Å². The molecule has 0 spiro atoms. The van der Waals surface area contributed by atoms with Crippen LogP contribution in [0.4, 0.5) is 4.39 Å². The fourth-order valence-corrected chi connectivity index (χ4v) is 2.82. The van der Waals surface area contributed by atoms with Gasteiger partial charge in [0, 0.05) is 23.4 Å². The summed E-state index contributed by atoms with van der Waals surface area (Å²) < 4.78 is 18.4. The molecule has 0 radical (unpaired) electrons. The molecule has 1 aliphatic heterocycles. The van der Waals surface area contributed by atoms with Crippen molar-refractivity contribution in [1.29, 1.82) is 0 Å². The first-order valence-corrected chi connectivity index (χ1v) is 8.64. The van der Waals surface area contributed by atoms with E-state index < -0.39 is 18.5 Å². The van der Waals surface area contributed by atoms with Gasteiger partial charge in [-0.3, -0.25) is 19.3 Å². The zero-order chi connectivity index (χ0) is 20.3. The molecule has 1 N–H and O–H groups in total. The summed E-state index contributed by atoms with van der Waals surface area (Å²) in [6, 6.07) is 11.6. The van der Waals surface area contributed by atoms with E-state index in [2.05, 4.69) is 11.9 Å². The van der Waals surface area contributed by atoms with Gasteiger partial charge in [0.05, 0.1) is 0 Å². The summed E-state index contributed by atoms with van der Waals surface area (Å²) in [5.74, 6) is -1.93. The molecule has 0 saturated carbocycles. The molecular weight excluding hydrogens is 363 g/mol. The van der Waals surface area contributed by atoms with Crippen molar-refractivity contribution >= 4 is 23.5 Å². The quantitative estimate of drug-likeness (QED) is 0.779. The number of halogens is 1. The summed E-state index contributed by atoms with van der Waals surface area (Å²) >= 11 is 0. The van der Waals surface area contributed by atoms with Gasteiger partial charge in [0.15, 0.2) is 6.61 Å². The molecule has 2 amide bonds. The minimum Gasteiger partial charge on any atom is -0.454 e. The number of fused-ring (bicyclic) bond motifs is 1. The Labute approximate surface area is 161 Å². The van der Waals surface area contributed by atoms with Crippen molar-refractivity contribution in [2.24, 2.45) is 0 Å². The molecule has 3 rings (SSSR count).